The van der Waals surface area contributed by atoms with E-state index in [2.05, 4.69) is 5.32 Å². The summed E-state index contributed by atoms with van der Waals surface area (Å²) in [7, 11) is -2.86. The average Bonchev–Trinajstić information content (AvgIpc) is 2.91. The number of carbonyl (C=O) groups is 2. The third-order valence-electron chi connectivity index (χ3n) is 5.99. The molecule has 12 heteroatoms. The molecule has 0 aromatic heterocycles. The van der Waals surface area contributed by atoms with E-state index in [1.165, 1.54) is 54.5 Å². The molecule has 3 aromatic carbocycles. The van der Waals surface area contributed by atoms with E-state index in [4.69, 9.17) is 27.9 Å². The predicted molar refractivity (Wildman–Crippen MR) is 154 cm³/mol. The van der Waals surface area contributed by atoms with Crippen molar-refractivity contribution in [2.75, 3.05) is 18.0 Å². The number of anilines is 1. The highest BCUT2D eigenvalue weighted by atomic mass is 35.5. The molecule has 1 N–H and O–H groups in total. The van der Waals surface area contributed by atoms with Crippen molar-refractivity contribution in [3.63, 3.8) is 0 Å². The van der Waals surface area contributed by atoms with Crippen molar-refractivity contribution in [2.24, 2.45) is 0 Å². The lowest BCUT2D eigenvalue weighted by molar-refractivity contribution is -0.139. The van der Waals surface area contributed by atoms with Gasteiger partial charge in [0.2, 0.25) is 11.8 Å². The molecule has 0 fully saturated rings. The number of nitrogens with zero attached hydrogens (tertiary/aromatic N) is 2. The first kappa shape index (κ1) is 31.2. The summed E-state index contributed by atoms with van der Waals surface area (Å²) in [4.78, 5) is 28.0. The predicted octanol–water partition coefficient (Wildman–Crippen LogP) is 5.28. The fourth-order valence-corrected chi connectivity index (χ4v) is 5.71. The summed E-state index contributed by atoms with van der Waals surface area (Å²) in [6.45, 7) is 4.33. The topological polar surface area (TPSA) is 96.0 Å². The molecule has 0 bridgehead atoms. The van der Waals surface area contributed by atoms with Crippen LogP contribution in [0.5, 0.6) is 5.75 Å². The SMILES string of the molecule is COc1ccc(S(=O)(=O)N(CC(=O)N(Cc2ccc(Cl)cc2Cl)C(C)C(=O)NC(C)C)c2ccc(F)cc2)cc1. The van der Waals surface area contributed by atoms with Crippen LogP contribution in [0.4, 0.5) is 10.1 Å². The Labute approximate surface area is 243 Å². The van der Waals surface area contributed by atoms with Crippen LogP contribution < -0.4 is 14.4 Å². The molecule has 3 aromatic rings. The van der Waals surface area contributed by atoms with Crippen LogP contribution in [-0.4, -0.2) is 50.9 Å². The van der Waals surface area contributed by atoms with Crippen LogP contribution >= 0.6 is 23.2 Å². The molecule has 214 valence electrons. The third kappa shape index (κ3) is 7.65. The summed E-state index contributed by atoms with van der Waals surface area (Å²) in [5.41, 5.74) is 0.573. The van der Waals surface area contributed by atoms with Gasteiger partial charge >= 0.3 is 0 Å². The van der Waals surface area contributed by atoms with E-state index < -0.39 is 40.2 Å². The van der Waals surface area contributed by atoms with E-state index in [0.717, 1.165) is 16.4 Å². The van der Waals surface area contributed by atoms with Crippen molar-refractivity contribution >= 4 is 50.7 Å². The highest BCUT2D eigenvalue weighted by Gasteiger charge is 2.33. The van der Waals surface area contributed by atoms with E-state index in [1.54, 1.807) is 32.9 Å². The fraction of sp³-hybridized carbons (Fsp3) is 0.286. The smallest absolute Gasteiger partial charge is 0.264 e. The summed E-state index contributed by atoms with van der Waals surface area (Å²) in [6, 6.07) is 13.9. The molecule has 0 radical (unpaired) electrons. The normalized spacial score (nSPS) is 12.1. The van der Waals surface area contributed by atoms with E-state index in [0.29, 0.717) is 16.3 Å². The number of nitrogens with one attached hydrogen (secondary N) is 1. The van der Waals surface area contributed by atoms with Crippen LogP contribution in [0.25, 0.3) is 0 Å². The Morgan fingerprint density at radius 2 is 1.60 bits per heavy atom. The highest BCUT2D eigenvalue weighted by Crippen LogP contribution is 2.27. The van der Waals surface area contributed by atoms with Gasteiger partial charge in [0.1, 0.15) is 24.2 Å². The Kier molecular flexibility index (Phi) is 10.4. The zero-order chi connectivity index (χ0) is 29.6. The molecule has 0 aliphatic carbocycles. The Morgan fingerprint density at radius 3 is 2.15 bits per heavy atom. The van der Waals surface area contributed by atoms with E-state index in [1.807, 2.05) is 0 Å². The number of benzene rings is 3. The van der Waals surface area contributed by atoms with Gasteiger partial charge in [0.15, 0.2) is 0 Å². The van der Waals surface area contributed by atoms with Crippen LogP contribution in [0.15, 0.2) is 71.6 Å². The Bertz CT molecular complexity index is 1450. The van der Waals surface area contributed by atoms with Crippen LogP contribution in [-0.2, 0) is 26.2 Å². The molecule has 3 rings (SSSR count). The van der Waals surface area contributed by atoms with Crippen molar-refractivity contribution in [3.05, 3.63) is 88.2 Å². The zero-order valence-electron chi connectivity index (χ0n) is 22.4. The van der Waals surface area contributed by atoms with Crippen LogP contribution in [0, 0.1) is 5.82 Å². The largest absolute Gasteiger partial charge is 0.497 e. The van der Waals surface area contributed by atoms with Gasteiger partial charge < -0.3 is 15.0 Å². The van der Waals surface area contributed by atoms with Crippen molar-refractivity contribution in [1.82, 2.24) is 10.2 Å². The van der Waals surface area contributed by atoms with Gasteiger partial charge in [-0.05, 0) is 87.0 Å². The second-order valence-corrected chi connectivity index (χ2v) is 12.0. The molecule has 0 saturated heterocycles. The number of sulfonamides is 1. The Balaban J connectivity index is 2.05. The van der Waals surface area contributed by atoms with E-state index >= 15 is 0 Å². The number of ether oxygens (including phenoxy) is 1. The van der Waals surface area contributed by atoms with Gasteiger partial charge in [0.25, 0.3) is 10.0 Å². The summed E-state index contributed by atoms with van der Waals surface area (Å²) in [6.07, 6.45) is 0. The number of halogens is 3. The second kappa shape index (κ2) is 13.3. The minimum absolute atomic E-state index is 0.0642. The average molecular weight is 611 g/mol. The molecule has 0 saturated carbocycles. The van der Waals surface area contributed by atoms with Crippen molar-refractivity contribution in [3.8, 4) is 5.75 Å². The standard InChI is InChI=1S/C28H30Cl2FN3O5S/c1-18(2)32-28(36)19(3)33(16-20-5-6-21(29)15-26(20)30)27(35)17-34(23-9-7-22(31)8-10-23)40(37,38)25-13-11-24(39-4)12-14-25/h5-15,18-19H,16-17H2,1-4H3,(H,32,36). The van der Waals surface area contributed by atoms with Gasteiger partial charge in [-0.15, -0.1) is 0 Å². The molecular formula is C28H30Cl2FN3O5S. The number of hydrogen-bond acceptors (Lipinski definition) is 5. The first-order valence-corrected chi connectivity index (χ1v) is 14.5. The maximum atomic E-state index is 13.9. The molecule has 1 atom stereocenters. The zero-order valence-corrected chi connectivity index (χ0v) is 24.7. The quantitative estimate of drug-likeness (QED) is 0.319. The van der Waals surface area contributed by atoms with Gasteiger partial charge in [-0.2, -0.15) is 0 Å². The highest BCUT2D eigenvalue weighted by molar-refractivity contribution is 7.92. The number of amides is 2. The molecule has 40 heavy (non-hydrogen) atoms. The van der Waals surface area contributed by atoms with Crippen molar-refractivity contribution < 1.29 is 27.1 Å². The van der Waals surface area contributed by atoms with E-state index in [9.17, 15) is 22.4 Å². The fourth-order valence-electron chi connectivity index (χ4n) is 3.83. The number of methoxy groups -OCH3 is 1. The van der Waals surface area contributed by atoms with Crippen molar-refractivity contribution in [2.45, 2.75) is 44.3 Å². The summed E-state index contributed by atoms with van der Waals surface area (Å²) in [5.74, 6) is -1.24. The maximum Gasteiger partial charge on any atom is 0.264 e. The van der Waals surface area contributed by atoms with Crippen molar-refractivity contribution in [1.29, 1.82) is 0 Å². The minimum Gasteiger partial charge on any atom is -0.497 e. The monoisotopic (exact) mass is 609 g/mol. The molecule has 2 amide bonds. The van der Waals surface area contributed by atoms with Crippen LogP contribution in [0.1, 0.15) is 26.3 Å². The molecule has 0 aliphatic heterocycles. The summed E-state index contributed by atoms with van der Waals surface area (Å²) < 4.78 is 47.3. The molecular weight excluding hydrogens is 580 g/mol. The molecule has 1 unspecified atom stereocenters. The minimum atomic E-state index is -4.31. The second-order valence-electron chi connectivity index (χ2n) is 9.26. The van der Waals surface area contributed by atoms with Gasteiger partial charge in [0.05, 0.1) is 17.7 Å². The number of hydrogen-bond donors (Lipinski definition) is 1. The Morgan fingerprint density at radius 1 is 0.975 bits per heavy atom. The lowest BCUT2D eigenvalue weighted by Gasteiger charge is -2.32. The lowest BCUT2D eigenvalue weighted by Crippen LogP contribution is -2.52. The summed E-state index contributed by atoms with van der Waals surface area (Å²) >= 11 is 12.4. The summed E-state index contributed by atoms with van der Waals surface area (Å²) in [5, 5.41) is 3.45. The number of carbonyl (C=O) groups excluding carboxylic acids is 2. The molecule has 0 aliphatic rings. The first-order chi connectivity index (χ1) is 18.8. The molecule has 0 heterocycles. The lowest BCUT2D eigenvalue weighted by atomic mass is 10.1. The number of rotatable bonds is 11. The van der Waals surface area contributed by atoms with Crippen LogP contribution in [0.3, 0.4) is 0 Å². The van der Waals surface area contributed by atoms with Gasteiger partial charge in [-0.1, -0.05) is 29.3 Å². The van der Waals surface area contributed by atoms with Gasteiger partial charge in [0, 0.05) is 22.6 Å². The molecule has 0 spiro atoms. The Hall–Kier alpha value is -3.34. The van der Waals surface area contributed by atoms with Gasteiger partial charge in [-0.25, -0.2) is 12.8 Å². The van der Waals surface area contributed by atoms with Gasteiger partial charge in [-0.3, -0.25) is 13.9 Å². The third-order valence-corrected chi connectivity index (χ3v) is 8.37. The molecule has 8 nitrogen and oxygen atoms in total. The van der Waals surface area contributed by atoms with E-state index in [-0.39, 0.29) is 28.2 Å². The maximum absolute atomic E-state index is 13.9. The van der Waals surface area contributed by atoms with Crippen LogP contribution in [0.2, 0.25) is 10.0 Å². The first-order valence-electron chi connectivity index (χ1n) is 12.3.